The smallest absolute Gasteiger partial charge is 0.307 e. The molecule has 0 fully saturated rings. The van der Waals surface area contributed by atoms with Crippen LogP contribution in [0.4, 0.5) is 4.39 Å². The molecule has 0 aliphatic carbocycles. The molecule has 0 saturated carbocycles. The minimum absolute atomic E-state index is 0.0517. The molecule has 1 rings (SSSR count). The number of halogens is 1. The molecule has 1 aromatic carbocycles. The van der Waals surface area contributed by atoms with E-state index in [0.717, 1.165) is 0 Å². The van der Waals surface area contributed by atoms with E-state index in [1.807, 2.05) is 0 Å². The molecule has 4 heteroatoms. The topological polar surface area (TPSA) is 57.5 Å². The van der Waals surface area contributed by atoms with Gasteiger partial charge in [-0.2, -0.15) is 0 Å². The maximum Gasteiger partial charge on any atom is 0.307 e. The van der Waals surface area contributed by atoms with Crippen molar-refractivity contribution in [2.45, 2.75) is 12.8 Å². The molecule has 0 spiro atoms. The average molecular weight is 224 g/mol. The van der Waals surface area contributed by atoms with Gasteiger partial charge < -0.3 is 10.2 Å². The summed E-state index contributed by atoms with van der Waals surface area (Å²) in [6, 6.07) is 4.39. The number of hydrogen-bond donors (Lipinski definition) is 2. The Bertz CT molecular complexity index is 399. The number of benzene rings is 1. The summed E-state index contributed by atoms with van der Waals surface area (Å²) >= 11 is 0. The van der Waals surface area contributed by atoms with Crippen molar-refractivity contribution in [2.75, 3.05) is 6.61 Å². The minimum Gasteiger partial charge on any atom is -0.481 e. The molecular formula is C12H13FO3. The summed E-state index contributed by atoms with van der Waals surface area (Å²) in [6.07, 6.45) is 3.61. The molecule has 1 aromatic rings. The normalized spacial score (nSPS) is 10.9. The quantitative estimate of drug-likeness (QED) is 0.802. The van der Waals surface area contributed by atoms with E-state index >= 15 is 0 Å². The van der Waals surface area contributed by atoms with Gasteiger partial charge in [0.1, 0.15) is 5.82 Å². The van der Waals surface area contributed by atoms with Gasteiger partial charge in [-0.25, -0.2) is 4.39 Å². The third-order valence-corrected chi connectivity index (χ3v) is 2.02. The number of rotatable bonds is 5. The van der Waals surface area contributed by atoms with E-state index in [1.165, 1.54) is 12.1 Å². The molecule has 0 amide bonds. The Morgan fingerprint density at radius 3 is 2.75 bits per heavy atom. The maximum absolute atomic E-state index is 13.4. The molecular weight excluding hydrogens is 211 g/mol. The van der Waals surface area contributed by atoms with Crippen LogP contribution in [0.2, 0.25) is 0 Å². The molecule has 3 nitrogen and oxygen atoms in total. The summed E-state index contributed by atoms with van der Waals surface area (Å²) in [5, 5.41) is 17.1. The van der Waals surface area contributed by atoms with Crippen molar-refractivity contribution >= 4 is 12.0 Å². The van der Waals surface area contributed by atoms with Crippen LogP contribution in [0, 0.1) is 5.82 Å². The molecule has 86 valence electrons. The highest BCUT2D eigenvalue weighted by molar-refractivity contribution is 5.70. The molecule has 0 aliphatic heterocycles. The molecule has 0 radical (unpaired) electrons. The molecule has 0 saturated heterocycles. The summed E-state index contributed by atoms with van der Waals surface area (Å²) in [7, 11) is 0. The molecule has 2 N–H and O–H groups in total. The van der Waals surface area contributed by atoms with Gasteiger partial charge in [-0.05, 0) is 23.6 Å². The zero-order valence-electron chi connectivity index (χ0n) is 8.69. The van der Waals surface area contributed by atoms with Gasteiger partial charge in [-0.3, -0.25) is 4.79 Å². The fourth-order valence-corrected chi connectivity index (χ4v) is 1.27. The Morgan fingerprint density at radius 1 is 1.44 bits per heavy atom. The largest absolute Gasteiger partial charge is 0.481 e. The van der Waals surface area contributed by atoms with Crippen molar-refractivity contribution in [3.8, 4) is 0 Å². The van der Waals surface area contributed by atoms with E-state index in [9.17, 15) is 9.18 Å². The molecule has 0 heterocycles. The van der Waals surface area contributed by atoms with E-state index in [1.54, 1.807) is 18.2 Å². The first kappa shape index (κ1) is 12.4. The van der Waals surface area contributed by atoms with Gasteiger partial charge in [0.2, 0.25) is 0 Å². The second-order valence-corrected chi connectivity index (χ2v) is 3.34. The van der Waals surface area contributed by atoms with Crippen molar-refractivity contribution in [3.05, 3.63) is 41.2 Å². The lowest BCUT2D eigenvalue weighted by atomic mass is 10.1. The van der Waals surface area contributed by atoms with Crippen LogP contribution in [0.15, 0.2) is 24.3 Å². The fraction of sp³-hybridized carbons (Fsp3) is 0.250. The van der Waals surface area contributed by atoms with Crippen molar-refractivity contribution < 1.29 is 19.4 Å². The van der Waals surface area contributed by atoms with Gasteiger partial charge in [0.15, 0.2) is 0 Å². The van der Waals surface area contributed by atoms with E-state index in [2.05, 4.69) is 0 Å². The van der Waals surface area contributed by atoms with Crippen LogP contribution in [0.3, 0.4) is 0 Å². The van der Waals surface area contributed by atoms with Gasteiger partial charge in [0, 0.05) is 6.61 Å². The van der Waals surface area contributed by atoms with Crippen molar-refractivity contribution in [3.63, 3.8) is 0 Å². The van der Waals surface area contributed by atoms with Crippen LogP contribution in [-0.4, -0.2) is 22.8 Å². The number of carboxylic acids is 1. The second-order valence-electron chi connectivity index (χ2n) is 3.34. The third kappa shape index (κ3) is 3.82. The van der Waals surface area contributed by atoms with Crippen LogP contribution in [-0.2, 0) is 11.2 Å². The van der Waals surface area contributed by atoms with Crippen molar-refractivity contribution in [2.24, 2.45) is 0 Å². The number of hydrogen-bond acceptors (Lipinski definition) is 2. The summed E-state index contributed by atoms with van der Waals surface area (Å²) in [6.45, 7) is 0.0517. The zero-order chi connectivity index (χ0) is 12.0. The lowest BCUT2D eigenvalue weighted by Crippen LogP contribution is -2.02. The molecule has 0 unspecified atom stereocenters. The number of carboxylic acid groups (broad SMARTS) is 1. The van der Waals surface area contributed by atoms with E-state index in [4.69, 9.17) is 10.2 Å². The Labute approximate surface area is 92.8 Å². The predicted octanol–water partition coefficient (Wildman–Crippen LogP) is 1.85. The van der Waals surface area contributed by atoms with Gasteiger partial charge in [0.25, 0.3) is 0 Å². The highest BCUT2D eigenvalue weighted by Crippen LogP contribution is 2.12. The Kier molecular flexibility index (Phi) is 4.66. The van der Waals surface area contributed by atoms with Gasteiger partial charge >= 0.3 is 5.97 Å². The molecule has 0 atom stereocenters. The molecule has 16 heavy (non-hydrogen) atoms. The number of carbonyl (C=O) groups is 1. The van der Waals surface area contributed by atoms with Crippen LogP contribution >= 0.6 is 0 Å². The van der Waals surface area contributed by atoms with Crippen molar-refractivity contribution in [1.82, 2.24) is 0 Å². The number of aliphatic carboxylic acids is 1. The lowest BCUT2D eigenvalue weighted by Gasteiger charge is -2.01. The standard InChI is InChI=1S/C12H13FO3/c13-11-7-9(3-1-2-6-14)4-5-10(11)8-12(15)16/h1,3-5,7,14H,2,6,8H2,(H,15,16). The molecule has 0 aromatic heterocycles. The lowest BCUT2D eigenvalue weighted by molar-refractivity contribution is -0.136. The van der Waals surface area contributed by atoms with Crippen LogP contribution in [0.25, 0.3) is 6.08 Å². The summed E-state index contributed by atoms with van der Waals surface area (Å²) in [4.78, 5) is 10.4. The molecule has 0 bridgehead atoms. The average Bonchev–Trinajstić information content (AvgIpc) is 2.22. The zero-order valence-corrected chi connectivity index (χ0v) is 8.69. The monoisotopic (exact) mass is 224 g/mol. The first-order valence-electron chi connectivity index (χ1n) is 4.91. The maximum atomic E-state index is 13.4. The van der Waals surface area contributed by atoms with E-state index in [-0.39, 0.29) is 18.6 Å². The fourth-order valence-electron chi connectivity index (χ4n) is 1.27. The van der Waals surface area contributed by atoms with Gasteiger partial charge in [-0.15, -0.1) is 0 Å². The minimum atomic E-state index is -1.05. The summed E-state index contributed by atoms with van der Waals surface area (Å²) < 4.78 is 13.4. The van der Waals surface area contributed by atoms with Gasteiger partial charge in [-0.1, -0.05) is 24.3 Å². The van der Waals surface area contributed by atoms with Crippen molar-refractivity contribution in [1.29, 1.82) is 0 Å². The highest BCUT2D eigenvalue weighted by atomic mass is 19.1. The Hall–Kier alpha value is -1.68. The van der Waals surface area contributed by atoms with Crippen LogP contribution in [0.1, 0.15) is 17.5 Å². The SMILES string of the molecule is O=C(O)Cc1ccc(C=CCCO)cc1F. The van der Waals surface area contributed by atoms with Crippen LogP contribution < -0.4 is 0 Å². The second kappa shape index (κ2) is 6.02. The molecule has 0 aliphatic rings. The van der Waals surface area contributed by atoms with E-state index < -0.39 is 11.8 Å². The predicted molar refractivity (Wildman–Crippen MR) is 58.5 cm³/mol. The Balaban J connectivity index is 2.78. The van der Waals surface area contributed by atoms with E-state index in [0.29, 0.717) is 12.0 Å². The highest BCUT2D eigenvalue weighted by Gasteiger charge is 2.06. The third-order valence-electron chi connectivity index (χ3n) is 2.02. The Morgan fingerprint density at radius 2 is 2.19 bits per heavy atom. The number of aliphatic hydroxyl groups excluding tert-OH is 1. The summed E-state index contributed by atoms with van der Waals surface area (Å²) in [5.74, 6) is -1.57. The first-order chi connectivity index (χ1) is 7.63. The van der Waals surface area contributed by atoms with Gasteiger partial charge in [0.05, 0.1) is 6.42 Å². The van der Waals surface area contributed by atoms with Crippen LogP contribution in [0.5, 0.6) is 0 Å². The number of aliphatic hydroxyl groups is 1. The summed E-state index contributed by atoms with van der Waals surface area (Å²) in [5.41, 5.74) is 0.826. The first-order valence-corrected chi connectivity index (χ1v) is 4.91.